The molecule has 1 aliphatic heterocycles. The second-order valence-electron chi connectivity index (χ2n) is 4.20. The summed E-state index contributed by atoms with van der Waals surface area (Å²) in [5.74, 6) is 0.462. The molecule has 7 heteroatoms. The van der Waals surface area contributed by atoms with Gasteiger partial charge in [0.15, 0.2) is 5.82 Å². The summed E-state index contributed by atoms with van der Waals surface area (Å²) < 4.78 is 4.63. The van der Waals surface area contributed by atoms with E-state index in [4.69, 9.17) is 0 Å². The maximum atomic E-state index is 12.1. The van der Waals surface area contributed by atoms with Crippen LogP contribution in [0.4, 0.5) is 0 Å². The van der Waals surface area contributed by atoms with Crippen LogP contribution in [0.25, 0.3) is 0 Å². The Bertz CT molecular complexity index is 418. The first kappa shape index (κ1) is 12.5. The van der Waals surface area contributed by atoms with Gasteiger partial charge in [0.1, 0.15) is 6.04 Å². The molecular formula is C11H16N4O3. The second-order valence-corrected chi connectivity index (χ2v) is 4.20. The van der Waals surface area contributed by atoms with Gasteiger partial charge in [-0.05, 0) is 6.42 Å². The van der Waals surface area contributed by atoms with Gasteiger partial charge in [0.25, 0.3) is 0 Å². The number of hydrogen-bond acceptors (Lipinski definition) is 5. The van der Waals surface area contributed by atoms with Crippen LogP contribution in [0.15, 0.2) is 10.9 Å². The van der Waals surface area contributed by atoms with Crippen LogP contribution >= 0.6 is 0 Å². The zero-order valence-corrected chi connectivity index (χ0v) is 10.3. The normalized spacial score (nSPS) is 20.7. The highest BCUT2D eigenvalue weighted by Crippen LogP contribution is 2.07. The van der Waals surface area contributed by atoms with Crippen LogP contribution in [0.1, 0.15) is 25.6 Å². The van der Waals surface area contributed by atoms with Crippen LogP contribution in [0, 0.1) is 0 Å². The van der Waals surface area contributed by atoms with Crippen molar-refractivity contribution in [3.8, 4) is 0 Å². The highest BCUT2D eigenvalue weighted by Gasteiger charge is 2.28. The number of aromatic nitrogens is 2. The smallest absolute Gasteiger partial charge is 0.245 e. The molecule has 2 amide bonds. The minimum absolute atomic E-state index is 0.0353. The Morgan fingerprint density at radius 2 is 2.39 bits per heavy atom. The minimum atomic E-state index is -0.412. The largest absolute Gasteiger partial charge is 0.344 e. The number of nitrogens with one attached hydrogen (secondary N) is 1. The molecule has 2 heterocycles. The van der Waals surface area contributed by atoms with Gasteiger partial charge in [-0.2, -0.15) is 4.98 Å². The molecule has 1 N–H and O–H groups in total. The summed E-state index contributed by atoms with van der Waals surface area (Å²) in [5.41, 5.74) is 0. The van der Waals surface area contributed by atoms with Gasteiger partial charge in [-0.1, -0.05) is 12.1 Å². The standard InChI is InChI=1S/C11H16N4O3/c1-2-8-11(17)15(6-4-10(16)13-8)5-3-9-12-7-18-14-9/h7-8H,2-6H2,1H3,(H,13,16). The number of amides is 2. The molecule has 18 heavy (non-hydrogen) atoms. The van der Waals surface area contributed by atoms with E-state index in [0.717, 1.165) is 0 Å². The highest BCUT2D eigenvalue weighted by atomic mass is 16.5. The maximum absolute atomic E-state index is 12.1. The van der Waals surface area contributed by atoms with Gasteiger partial charge in [0.2, 0.25) is 18.2 Å². The van der Waals surface area contributed by atoms with Crippen molar-refractivity contribution in [2.75, 3.05) is 13.1 Å². The average Bonchev–Trinajstić information content (AvgIpc) is 2.83. The predicted molar refractivity (Wildman–Crippen MR) is 61.4 cm³/mol. The topological polar surface area (TPSA) is 88.3 Å². The predicted octanol–water partition coefficient (Wildman–Crippen LogP) is -0.261. The summed E-state index contributed by atoms with van der Waals surface area (Å²) >= 11 is 0. The monoisotopic (exact) mass is 252 g/mol. The maximum Gasteiger partial charge on any atom is 0.245 e. The van der Waals surface area contributed by atoms with E-state index in [0.29, 0.717) is 38.2 Å². The molecule has 0 radical (unpaired) electrons. The molecule has 0 aliphatic carbocycles. The van der Waals surface area contributed by atoms with Crippen molar-refractivity contribution in [3.63, 3.8) is 0 Å². The Labute approximate surface area is 105 Å². The fourth-order valence-electron chi connectivity index (χ4n) is 1.93. The Balaban J connectivity index is 1.97. The van der Waals surface area contributed by atoms with Gasteiger partial charge >= 0.3 is 0 Å². The lowest BCUT2D eigenvalue weighted by Gasteiger charge is -2.22. The van der Waals surface area contributed by atoms with E-state index in [1.54, 1.807) is 4.90 Å². The quantitative estimate of drug-likeness (QED) is 0.797. The molecule has 1 unspecified atom stereocenters. The molecule has 0 bridgehead atoms. The third-order valence-corrected chi connectivity index (χ3v) is 2.97. The zero-order valence-electron chi connectivity index (χ0n) is 10.3. The molecule has 7 nitrogen and oxygen atoms in total. The van der Waals surface area contributed by atoms with Crippen molar-refractivity contribution in [2.45, 2.75) is 32.2 Å². The Morgan fingerprint density at radius 1 is 1.56 bits per heavy atom. The van der Waals surface area contributed by atoms with Gasteiger partial charge < -0.3 is 14.7 Å². The first-order valence-corrected chi connectivity index (χ1v) is 6.04. The van der Waals surface area contributed by atoms with E-state index in [1.807, 2.05) is 6.92 Å². The molecule has 0 saturated carbocycles. The van der Waals surface area contributed by atoms with E-state index >= 15 is 0 Å². The summed E-state index contributed by atoms with van der Waals surface area (Å²) in [5, 5.41) is 6.42. The molecule has 98 valence electrons. The lowest BCUT2D eigenvalue weighted by Crippen LogP contribution is -2.44. The molecule has 1 aliphatic rings. The third-order valence-electron chi connectivity index (χ3n) is 2.97. The minimum Gasteiger partial charge on any atom is -0.344 e. The molecule has 1 fully saturated rings. The van der Waals surface area contributed by atoms with Crippen molar-refractivity contribution in [2.24, 2.45) is 0 Å². The number of nitrogens with zero attached hydrogens (tertiary/aromatic N) is 3. The molecule has 1 saturated heterocycles. The van der Waals surface area contributed by atoms with Crippen LogP contribution < -0.4 is 5.32 Å². The summed E-state index contributed by atoms with van der Waals surface area (Å²) in [7, 11) is 0. The number of rotatable bonds is 4. The van der Waals surface area contributed by atoms with Gasteiger partial charge in [0, 0.05) is 25.9 Å². The number of hydrogen-bond donors (Lipinski definition) is 1. The highest BCUT2D eigenvalue weighted by molar-refractivity contribution is 5.89. The lowest BCUT2D eigenvalue weighted by atomic mass is 10.2. The van der Waals surface area contributed by atoms with Gasteiger partial charge in [-0.15, -0.1) is 0 Å². The molecule has 1 aromatic heterocycles. The van der Waals surface area contributed by atoms with Crippen molar-refractivity contribution < 1.29 is 14.1 Å². The molecule has 0 aromatic carbocycles. The van der Waals surface area contributed by atoms with Crippen LogP contribution in [0.3, 0.4) is 0 Å². The van der Waals surface area contributed by atoms with Gasteiger partial charge in [-0.3, -0.25) is 9.59 Å². The summed E-state index contributed by atoms with van der Waals surface area (Å²) in [6, 6.07) is -0.412. The fraction of sp³-hybridized carbons (Fsp3) is 0.636. The van der Waals surface area contributed by atoms with E-state index in [-0.39, 0.29) is 11.8 Å². The zero-order chi connectivity index (χ0) is 13.0. The van der Waals surface area contributed by atoms with E-state index in [9.17, 15) is 9.59 Å². The summed E-state index contributed by atoms with van der Waals surface area (Å²) in [6.45, 7) is 2.83. The number of carbonyl (C=O) groups is 2. The van der Waals surface area contributed by atoms with Crippen LogP contribution in [0.2, 0.25) is 0 Å². The average molecular weight is 252 g/mol. The third kappa shape index (κ3) is 2.85. The van der Waals surface area contributed by atoms with Crippen LogP contribution in [0.5, 0.6) is 0 Å². The Morgan fingerprint density at radius 3 is 3.06 bits per heavy atom. The Hall–Kier alpha value is -1.92. The van der Waals surface area contributed by atoms with Crippen molar-refractivity contribution in [1.29, 1.82) is 0 Å². The van der Waals surface area contributed by atoms with Crippen LogP contribution in [-0.4, -0.2) is 46.0 Å². The molecule has 0 spiro atoms. The van der Waals surface area contributed by atoms with Crippen LogP contribution in [-0.2, 0) is 16.0 Å². The second kappa shape index (κ2) is 5.61. The van der Waals surface area contributed by atoms with E-state index in [1.165, 1.54) is 6.39 Å². The summed E-state index contributed by atoms with van der Waals surface area (Å²) in [6.07, 6.45) is 2.74. The first-order valence-electron chi connectivity index (χ1n) is 6.04. The van der Waals surface area contributed by atoms with E-state index < -0.39 is 6.04 Å². The SMILES string of the molecule is CCC1NC(=O)CCN(CCc2ncon2)C1=O. The van der Waals surface area contributed by atoms with Crippen molar-refractivity contribution in [1.82, 2.24) is 20.4 Å². The lowest BCUT2D eigenvalue weighted by molar-refractivity contribution is -0.133. The van der Waals surface area contributed by atoms with E-state index in [2.05, 4.69) is 20.0 Å². The first-order chi connectivity index (χ1) is 8.70. The summed E-state index contributed by atoms with van der Waals surface area (Å²) in [4.78, 5) is 29.2. The molecule has 1 atom stereocenters. The number of carbonyl (C=O) groups excluding carboxylic acids is 2. The molecular weight excluding hydrogens is 236 g/mol. The van der Waals surface area contributed by atoms with Gasteiger partial charge in [-0.25, -0.2) is 0 Å². The fourth-order valence-corrected chi connectivity index (χ4v) is 1.93. The molecule has 2 rings (SSSR count). The Kier molecular flexibility index (Phi) is 3.91. The molecule has 1 aromatic rings. The van der Waals surface area contributed by atoms with Crippen molar-refractivity contribution >= 4 is 11.8 Å². The van der Waals surface area contributed by atoms with Crippen molar-refractivity contribution in [3.05, 3.63) is 12.2 Å². The van der Waals surface area contributed by atoms with Gasteiger partial charge in [0.05, 0.1) is 0 Å².